The van der Waals surface area contributed by atoms with E-state index in [0.717, 1.165) is 19.3 Å². The Morgan fingerprint density at radius 1 is 1.32 bits per heavy atom. The predicted octanol–water partition coefficient (Wildman–Crippen LogP) is 4.15. The summed E-state index contributed by atoms with van der Waals surface area (Å²) < 4.78 is 5.37. The summed E-state index contributed by atoms with van der Waals surface area (Å²) in [4.78, 5) is 14.6. The van der Waals surface area contributed by atoms with Gasteiger partial charge >= 0.3 is 6.09 Å². The van der Waals surface area contributed by atoms with E-state index >= 15 is 0 Å². The number of aryl methyl sites for hydroxylation is 1. The maximum absolute atomic E-state index is 12.0. The first-order valence-corrected chi connectivity index (χ1v) is 8.88. The number of carbonyl (C=O) groups is 1. The third-order valence-corrected chi connectivity index (χ3v) is 5.05. The van der Waals surface area contributed by atoms with Gasteiger partial charge in [0.1, 0.15) is 5.60 Å². The first kappa shape index (κ1) is 17.3. The molecular formula is C17H28N2O2S. The van der Waals surface area contributed by atoms with Gasteiger partial charge in [0.2, 0.25) is 0 Å². The molecule has 4 nitrogen and oxygen atoms in total. The summed E-state index contributed by atoms with van der Waals surface area (Å²) in [5.41, 5.74) is -0.451. The number of hydrogen-bond donors (Lipinski definition) is 2. The summed E-state index contributed by atoms with van der Waals surface area (Å²) >= 11 is 1.83. The van der Waals surface area contributed by atoms with Crippen molar-refractivity contribution < 1.29 is 9.53 Å². The minimum absolute atomic E-state index is 0.151. The largest absolute Gasteiger partial charge is 0.444 e. The van der Waals surface area contributed by atoms with Crippen LogP contribution in [0.3, 0.4) is 0 Å². The average Bonchev–Trinajstić information content (AvgIpc) is 2.97. The van der Waals surface area contributed by atoms with Crippen molar-refractivity contribution in [3.05, 3.63) is 21.9 Å². The molecule has 124 valence electrons. The third kappa shape index (κ3) is 4.99. The van der Waals surface area contributed by atoms with Gasteiger partial charge in [-0.15, -0.1) is 11.3 Å². The fraction of sp³-hybridized carbons (Fsp3) is 0.706. The van der Waals surface area contributed by atoms with Gasteiger partial charge in [-0.2, -0.15) is 0 Å². The van der Waals surface area contributed by atoms with Crippen molar-refractivity contribution in [1.82, 2.24) is 10.6 Å². The van der Waals surface area contributed by atoms with Gasteiger partial charge in [-0.3, -0.25) is 0 Å². The van der Waals surface area contributed by atoms with E-state index < -0.39 is 5.60 Å². The van der Waals surface area contributed by atoms with Crippen molar-refractivity contribution in [1.29, 1.82) is 0 Å². The second kappa shape index (κ2) is 7.01. The molecule has 0 radical (unpaired) electrons. The zero-order chi connectivity index (χ0) is 16.3. The van der Waals surface area contributed by atoms with E-state index in [1.54, 1.807) is 0 Å². The molecule has 22 heavy (non-hydrogen) atoms. The Morgan fingerprint density at radius 3 is 2.59 bits per heavy atom. The predicted molar refractivity (Wildman–Crippen MR) is 91.4 cm³/mol. The molecule has 0 spiro atoms. The maximum Gasteiger partial charge on any atom is 0.407 e. The smallest absolute Gasteiger partial charge is 0.407 e. The van der Waals surface area contributed by atoms with Gasteiger partial charge in [-0.1, -0.05) is 0 Å². The normalized spacial score (nSPS) is 23.3. The van der Waals surface area contributed by atoms with Crippen LogP contribution in [-0.2, 0) is 4.74 Å². The van der Waals surface area contributed by atoms with Gasteiger partial charge in [0.05, 0.1) is 0 Å². The maximum atomic E-state index is 12.0. The lowest BCUT2D eigenvalue weighted by atomic mass is 10.1. The monoisotopic (exact) mass is 324 g/mol. The molecule has 0 bridgehead atoms. The van der Waals surface area contributed by atoms with Crippen LogP contribution < -0.4 is 10.6 Å². The molecule has 3 atom stereocenters. The lowest BCUT2D eigenvalue weighted by molar-refractivity contribution is 0.0497. The molecule has 0 saturated heterocycles. The zero-order valence-corrected chi connectivity index (χ0v) is 15.0. The van der Waals surface area contributed by atoms with Crippen LogP contribution in [0.15, 0.2) is 12.1 Å². The summed E-state index contributed by atoms with van der Waals surface area (Å²) in [6.45, 7) is 9.98. The highest BCUT2D eigenvalue weighted by molar-refractivity contribution is 7.12. The quantitative estimate of drug-likeness (QED) is 0.874. The van der Waals surface area contributed by atoms with E-state index in [1.165, 1.54) is 9.75 Å². The van der Waals surface area contributed by atoms with Crippen LogP contribution in [0.2, 0.25) is 0 Å². The van der Waals surface area contributed by atoms with Crippen LogP contribution in [-0.4, -0.2) is 23.8 Å². The Hall–Kier alpha value is -1.07. The molecule has 3 unspecified atom stereocenters. The molecule has 1 aromatic heterocycles. The number of nitrogens with one attached hydrogen (secondary N) is 2. The number of amides is 1. The summed E-state index contributed by atoms with van der Waals surface area (Å²) in [6, 6.07) is 5.11. The van der Waals surface area contributed by atoms with Gasteiger partial charge < -0.3 is 15.4 Å². The Balaban J connectivity index is 1.89. The van der Waals surface area contributed by atoms with E-state index in [2.05, 4.69) is 36.6 Å². The molecule has 1 amide bonds. The van der Waals surface area contributed by atoms with Crippen LogP contribution in [0, 0.1) is 6.92 Å². The van der Waals surface area contributed by atoms with E-state index in [-0.39, 0.29) is 12.1 Å². The fourth-order valence-corrected chi connectivity index (χ4v) is 3.77. The molecule has 2 N–H and O–H groups in total. The van der Waals surface area contributed by atoms with Crippen LogP contribution in [0.25, 0.3) is 0 Å². The molecule has 1 aromatic rings. The van der Waals surface area contributed by atoms with Crippen molar-refractivity contribution in [2.45, 2.75) is 77.6 Å². The molecule has 2 rings (SSSR count). The summed E-state index contributed by atoms with van der Waals surface area (Å²) in [7, 11) is 0. The summed E-state index contributed by atoms with van der Waals surface area (Å²) in [6.07, 6.45) is 2.92. The first-order chi connectivity index (χ1) is 10.2. The van der Waals surface area contributed by atoms with Gasteiger partial charge in [0.25, 0.3) is 0 Å². The first-order valence-electron chi connectivity index (χ1n) is 8.06. The number of alkyl carbamates (subject to hydrolysis) is 1. The van der Waals surface area contributed by atoms with Crippen LogP contribution in [0.1, 0.15) is 62.8 Å². The Kier molecular flexibility index (Phi) is 5.50. The van der Waals surface area contributed by atoms with Crippen molar-refractivity contribution in [3.63, 3.8) is 0 Å². The molecule has 1 heterocycles. The highest BCUT2D eigenvalue weighted by Crippen LogP contribution is 2.26. The zero-order valence-electron chi connectivity index (χ0n) is 14.2. The van der Waals surface area contributed by atoms with Gasteiger partial charge in [-0.25, -0.2) is 4.79 Å². The van der Waals surface area contributed by atoms with E-state index in [9.17, 15) is 4.79 Å². The summed E-state index contributed by atoms with van der Waals surface area (Å²) in [5.74, 6) is 0. The topological polar surface area (TPSA) is 50.4 Å². The Morgan fingerprint density at radius 2 is 2.00 bits per heavy atom. The minimum Gasteiger partial charge on any atom is -0.444 e. The van der Waals surface area contributed by atoms with E-state index in [1.807, 2.05) is 32.1 Å². The number of rotatable bonds is 4. The average molecular weight is 324 g/mol. The lowest BCUT2D eigenvalue weighted by Crippen LogP contribution is -2.48. The third-order valence-electron chi connectivity index (χ3n) is 3.87. The minimum atomic E-state index is -0.451. The molecule has 0 aromatic carbocycles. The molecule has 1 aliphatic rings. The van der Waals surface area contributed by atoms with E-state index in [4.69, 9.17) is 4.74 Å². The van der Waals surface area contributed by atoms with Crippen molar-refractivity contribution in [2.75, 3.05) is 0 Å². The second-order valence-corrected chi connectivity index (χ2v) is 8.45. The number of carbonyl (C=O) groups excluding carboxylic acids is 1. The highest BCUT2D eigenvalue weighted by Gasteiger charge is 2.31. The molecule has 0 aliphatic heterocycles. The van der Waals surface area contributed by atoms with Crippen LogP contribution in [0.4, 0.5) is 4.79 Å². The second-order valence-electron chi connectivity index (χ2n) is 7.13. The Bertz CT molecular complexity index is 507. The number of thiophene rings is 1. The van der Waals surface area contributed by atoms with Gasteiger partial charge in [-0.05, 0) is 66.0 Å². The number of ether oxygens (including phenoxy) is 1. The molecule has 1 fully saturated rings. The lowest BCUT2D eigenvalue weighted by Gasteiger charge is -2.27. The standard InChI is InChI=1S/C17H28N2O2S/c1-11-9-10-15(22-11)12(2)18-13-7-6-8-14(13)19-16(20)21-17(3,4)5/h9-10,12-14,18H,6-8H2,1-5H3,(H,19,20). The molecule has 1 saturated carbocycles. The van der Waals surface area contributed by atoms with Crippen LogP contribution in [0.5, 0.6) is 0 Å². The Labute approximate surface area is 137 Å². The van der Waals surface area contributed by atoms with Crippen molar-refractivity contribution in [2.24, 2.45) is 0 Å². The van der Waals surface area contributed by atoms with Crippen LogP contribution >= 0.6 is 11.3 Å². The number of hydrogen-bond acceptors (Lipinski definition) is 4. The van der Waals surface area contributed by atoms with Gasteiger partial charge in [0, 0.05) is 27.9 Å². The molecule has 5 heteroatoms. The van der Waals surface area contributed by atoms with Crippen molar-refractivity contribution in [3.8, 4) is 0 Å². The SMILES string of the molecule is Cc1ccc(C(C)NC2CCCC2NC(=O)OC(C)(C)C)s1. The fourth-order valence-electron chi connectivity index (χ4n) is 2.88. The van der Waals surface area contributed by atoms with Crippen molar-refractivity contribution >= 4 is 17.4 Å². The summed E-state index contributed by atoms with van der Waals surface area (Å²) in [5, 5.41) is 6.69. The molecule has 1 aliphatic carbocycles. The highest BCUT2D eigenvalue weighted by atomic mass is 32.1. The van der Waals surface area contributed by atoms with Gasteiger partial charge in [0.15, 0.2) is 0 Å². The molecular weight excluding hydrogens is 296 g/mol. The van der Waals surface area contributed by atoms with E-state index in [0.29, 0.717) is 12.1 Å².